The maximum atomic E-state index is 9.55. The molecule has 1 saturated carbocycles. The fraction of sp³-hybridized carbons (Fsp3) is 0.583. The van der Waals surface area contributed by atoms with Crippen molar-refractivity contribution in [1.29, 1.82) is 0 Å². The van der Waals surface area contributed by atoms with Gasteiger partial charge in [0, 0.05) is 6.54 Å². The lowest BCUT2D eigenvalue weighted by Gasteiger charge is -2.41. The topological polar surface area (TPSA) is 98.8 Å². The molecule has 0 aromatic carbocycles. The lowest BCUT2D eigenvalue weighted by molar-refractivity contribution is 0.144. The van der Waals surface area contributed by atoms with Gasteiger partial charge in [-0.2, -0.15) is 15.1 Å². The van der Waals surface area contributed by atoms with E-state index in [-0.39, 0.29) is 12.1 Å². The van der Waals surface area contributed by atoms with Crippen molar-refractivity contribution < 1.29 is 5.11 Å². The number of hydrogen-bond acceptors (Lipinski definition) is 6. The largest absolute Gasteiger partial charge is 0.394 e. The van der Waals surface area contributed by atoms with Crippen LogP contribution >= 0.6 is 0 Å². The van der Waals surface area contributed by atoms with Crippen LogP contribution in [0.1, 0.15) is 26.2 Å². The molecule has 19 heavy (non-hydrogen) atoms. The van der Waals surface area contributed by atoms with E-state index in [9.17, 15) is 5.11 Å². The van der Waals surface area contributed by atoms with Crippen LogP contribution in [0.3, 0.4) is 0 Å². The van der Waals surface area contributed by atoms with Crippen LogP contribution in [-0.4, -0.2) is 44.0 Å². The first kappa shape index (κ1) is 12.2. The van der Waals surface area contributed by atoms with E-state index in [4.69, 9.17) is 0 Å². The van der Waals surface area contributed by atoms with E-state index in [0.29, 0.717) is 11.6 Å². The molecule has 0 amide bonds. The summed E-state index contributed by atoms with van der Waals surface area (Å²) in [7, 11) is 0. The number of anilines is 2. The first-order valence-electron chi connectivity index (χ1n) is 6.60. The minimum absolute atomic E-state index is 0.118. The van der Waals surface area contributed by atoms with Gasteiger partial charge in [-0.15, -0.1) is 0 Å². The highest BCUT2D eigenvalue weighted by Crippen LogP contribution is 2.36. The Morgan fingerprint density at radius 2 is 2.26 bits per heavy atom. The summed E-state index contributed by atoms with van der Waals surface area (Å²) in [6, 6.07) is 0. The van der Waals surface area contributed by atoms with E-state index in [1.54, 1.807) is 6.20 Å². The van der Waals surface area contributed by atoms with Gasteiger partial charge in [-0.25, -0.2) is 0 Å². The van der Waals surface area contributed by atoms with Gasteiger partial charge in [0.2, 0.25) is 5.95 Å². The molecule has 0 unspecified atom stereocenters. The third kappa shape index (κ3) is 2.10. The summed E-state index contributed by atoms with van der Waals surface area (Å²) in [5.74, 6) is 1.29. The smallest absolute Gasteiger partial charge is 0.226 e. The molecule has 7 nitrogen and oxygen atoms in total. The van der Waals surface area contributed by atoms with Crippen LogP contribution in [0.15, 0.2) is 6.20 Å². The van der Waals surface area contributed by atoms with Gasteiger partial charge in [0.15, 0.2) is 5.65 Å². The number of aliphatic hydroxyl groups is 1. The monoisotopic (exact) mass is 262 g/mol. The average molecular weight is 262 g/mol. The Morgan fingerprint density at radius 1 is 1.42 bits per heavy atom. The maximum absolute atomic E-state index is 9.55. The van der Waals surface area contributed by atoms with E-state index in [1.807, 2.05) is 6.92 Å². The molecule has 2 aromatic rings. The van der Waals surface area contributed by atoms with Crippen molar-refractivity contribution in [3.8, 4) is 0 Å². The third-order valence-electron chi connectivity index (χ3n) is 3.64. The Hall–Kier alpha value is -1.89. The molecule has 1 aliphatic rings. The number of nitrogens with zero attached hydrogens (tertiary/aromatic N) is 3. The second kappa shape index (κ2) is 4.65. The molecule has 1 fully saturated rings. The van der Waals surface area contributed by atoms with Crippen LogP contribution in [0.2, 0.25) is 0 Å². The fourth-order valence-corrected chi connectivity index (χ4v) is 2.34. The highest BCUT2D eigenvalue weighted by atomic mass is 16.3. The van der Waals surface area contributed by atoms with Crippen molar-refractivity contribution in [1.82, 2.24) is 20.2 Å². The van der Waals surface area contributed by atoms with Crippen molar-refractivity contribution in [2.75, 3.05) is 23.8 Å². The Kier molecular flexibility index (Phi) is 2.98. The molecule has 0 radical (unpaired) electrons. The Labute approximate surface area is 110 Å². The summed E-state index contributed by atoms with van der Waals surface area (Å²) in [6.07, 6.45) is 4.76. The number of aliphatic hydroxyl groups excluding tert-OH is 1. The summed E-state index contributed by atoms with van der Waals surface area (Å²) >= 11 is 0. The molecule has 2 aromatic heterocycles. The number of aromatic nitrogens is 4. The van der Waals surface area contributed by atoms with E-state index in [2.05, 4.69) is 30.8 Å². The van der Waals surface area contributed by atoms with Crippen molar-refractivity contribution in [2.24, 2.45) is 0 Å². The van der Waals surface area contributed by atoms with E-state index in [1.165, 1.54) is 0 Å². The lowest BCUT2D eigenvalue weighted by Crippen LogP contribution is -2.48. The van der Waals surface area contributed by atoms with Crippen molar-refractivity contribution in [3.63, 3.8) is 0 Å². The van der Waals surface area contributed by atoms with Gasteiger partial charge in [0.25, 0.3) is 0 Å². The van der Waals surface area contributed by atoms with Gasteiger partial charge in [0.1, 0.15) is 5.82 Å². The Morgan fingerprint density at radius 3 is 2.89 bits per heavy atom. The van der Waals surface area contributed by atoms with E-state index >= 15 is 0 Å². The number of aromatic amines is 1. The second-order valence-corrected chi connectivity index (χ2v) is 4.98. The minimum Gasteiger partial charge on any atom is -0.394 e. The molecular formula is C12H18N6O. The molecule has 0 bridgehead atoms. The molecule has 0 spiro atoms. The summed E-state index contributed by atoms with van der Waals surface area (Å²) in [6.45, 7) is 2.87. The first-order chi connectivity index (χ1) is 9.26. The number of nitrogens with one attached hydrogen (secondary N) is 3. The van der Waals surface area contributed by atoms with Crippen LogP contribution in [-0.2, 0) is 0 Å². The molecule has 0 aliphatic heterocycles. The molecule has 7 heteroatoms. The summed E-state index contributed by atoms with van der Waals surface area (Å²) in [4.78, 5) is 8.82. The standard InChI is InChI=1S/C12H18N6O/c1-2-13-11-15-9(8-6-14-18-10(8)16-11)17-12(7-19)4-3-5-12/h6,19H,2-5,7H2,1H3,(H3,13,14,15,16,17,18). The number of hydrogen-bond donors (Lipinski definition) is 4. The van der Waals surface area contributed by atoms with Gasteiger partial charge < -0.3 is 15.7 Å². The Balaban J connectivity index is 1.98. The first-order valence-corrected chi connectivity index (χ1v) is 6.60. The van der Waals surface area contributed by atoms with Gasteiger partial charge in [-0.05, 0) is 26.2 Å². The molecular weight excluding hydrogens is 244 g/mol. The average Bonchev–Trinajstić information content (AvgIpc) is 2.82. The molecule has 2 heterocycles. The number of rotatable bonds is 5. The van der Waals surface area contributed by atoms with Crippen LogP contribution in [0, 0.1) is 0 Å². The SMILES string of the molecule is CCNc1nc(NC2(CO)CCC2)c2cn[nH]c2n1. The third-order valence-corrected chi connectivity index (χ3v) is 3.64. The predicted molar refractivity (Wildman–Crippen MR) is 73.1 cm³/mol. The summed E-state index contributed by atoms with van der Waals surface area (Å²) in [5.41, 5.74) is 0.461. The van der Waals surface area contributed by atoms with Gasteiger partial charge >= 0.3 is 0 Å². The van der Waals surface area contributed by atoms with Crippen molar-refractivity contribution >= 4 is 22.8 Å². The molecule has 3 rings (SSSR count). The highest BCUT2D eigenvalue weighted by molar-refractivity contribution is 5.87. The normalized spacial score (nSPS) is 17.2. The van der Waals surface area contributed by atoms with Gasteiger partial charge in [0.05, 0.1) is 23.7 Å². The zero-order valence-electron chi connectivity index (χ0n) is 10.9. The zero-order chi connectivity index (χ0) is 13.3. The molecule has 102 valence electrons. The Bertz CT molecular complexity index is 571. The second-order valence-electron chi connectivity index (χ2n) is 4.98. The van der Waals surface area contributed by atoms with Crippen LogP contribution in [0.5, 0.6) is 0 Å². The highest BCUT2D eigenvalue weighted by Gasteiger charge is 2.37. The van der Waals surface area contributed by atoms with Crippen molar-refractivity contribution in [3.05, 3.63) is 6.20 Å². The fourth-order valence-electron chi connectivity index (χ4n) is 2.34. The lowest BCUT2D eigenvalue weighted by atomic mass is 9.77. The number of H-pyrrole nitrogens is 1. The predicted octanol–water partition coefficient (Wildman–Crippen LogP) is 1.11. The minimum atomic E-state index is -0.234. The number of fused-ring (bicyclic) bond motifs is 1. The molecule has 0 saturated heterocycles. The van der Waals surface area contributed by atoms with E-state index in [0.717, 1.165) is 37.0 Å². The zero-order valence-corrected chi connectivity index (χ0v) is 10.9. The van der Waals surface area contributed by atoms with E-state index < -0.39 is 0 Å². The summed E-state index contributed by atoms with van der Waals surface area (Å²) in [5, 5.41) is 23.7. The van der Waals surface area contributed by atoms with Crippen LogP contribution < -0.4 is 10.6 Å². The van der Waals surface area contributed by atoms with Crippen molar-refractivity contribution in [2.45, 2.75) is 31.7 Å². The summed E-state index contributed by atoms with van der Waals surface area (Å²) < 4.78 is 0. The maximum Gasteiger partial charge on any atom is 0.226 e. The molecule has 4 N–H and O–H groups in total. The van der Waals surface area contributed by atoms with Crippen LogP contribution in [0.4, 0.5) is 11.8 Å². The van der Waals surface area contributed by atoms with Gasteiger partial charge in [-0.1, -0.05) is 0 Å². The molecule has 0 atom stereocenters. The van der Waals surface area contributed by atoms with Crippen LogP contribution in [0.25, 0.3) is 11.0 Å². The molecule has 1 aliphatic carbocycles. The quantitative estimate of drug-likeness (QED) is 0.644. The van der Waals surface area contributed by atoms with Gasteiger partial charge in [-0.3, -0.25) is 5.10 Å².